The Morgan fingerprint density at radius 3 is 2.18 bits per heavy atom. The van der Waals surface area contributed by atoms with Gasteiger partial charge in [-0.15, -0.1) is 0 Å². The molecule has 0 amide bonds. The zero-order valence-electron chi connectivity index (χ0n) is 13.3. The van der Waals surface area contributed by atoms with E-state index in [4.69, 9.17) is 4.55 Å². The predicted octanol–water partition coefficient (Wildman–Crippen LogP) is 4.82. The maximum absolute atomic E-state index is 11.2. The first-order valence-electron chi connectivity index (χ1n) is 8.11. The van der Waals surface area contributed by atoms with E-state index in [0.29, 0.717) is 5.56 Å². The van der Waals surface area contributed by atoms with Crippen LogP contribution in [0, 0.1) is 11.8 Å². The maximum Gasteiger partial charge on any atom is 0.295 e. The summed E-state index contributed by atoms with van der Waals surface area (Å²) in [5.41, 5.74) is 0.365. The van der Waals surface area contributed by atoms with E-state index in [0.717, 1.165) is 12.8 Å². The Balaban J connectivity index is 2.31. The third-order valence-electron chi connectivity index (χ3n) is 3.54. The van der Waals surface area contributed by atoms with Crippen LogP contribution in [0.4, 0.5) is 0 Å². The lowest BCUT2D eigenvalue weighted by molar-refractivity contribution is 0.483. The highest BCUT2D eigenvalue weighted by Crippen LogP contribution is 2.14. The quantitative estimate of drug-likeness (QED) is 0.403. The molecule has 0 aliphatic rings. The van der Waals surface area contributed by atoms with E-state index in [2.05, 4.69) is 18.8 Å². The lowest BCUT2D eigenvalue weighted by Crippen LogP contribution is -2.00. The monoisotopic (exact) mass is 322 g/mol. The summed E-state index contributed by atoms with van der Waals surface area (Å²) in [6, 6.07) is 6.28. The lowest BCUT2D eigenvalue weighted by Gasteiger charge is -2.00. The Bertz CT molecular complexity index is 594. The highest BCUT2D eigenvalue weighted by Gasteiger charge is 2.12. The van der Waals surface area contributed by atoms with Crippen molar-refractivity contribution in [2.24, 2.45) is 0 Å². The van der Waals surface area contributed by atoms with Gasteiger partial charge in [0.2, 0.25) is 0 Å². The summed E-state index contributed by atoms with van der Waals surface area (Å²) in [4.78, 5) is -0.113. The molecule has 0 bridgehead atoms. The van der Waals surface area contributed by atoms with Crippen LogP contribution in [0.15, 0.2) is 29.2 Å². The SMILES string of the molecule is CCCCCCCCCCC#Cc1ccccc1S(=O)(=O)O. The Kier molecular flexibility index (Phi) is 8.88. The molecule has 1 N–H and O–H groups in total. The molecule has 3 nitrogen and oxygen atoms in total. The molecule has 1 rings (SSSR count). The van der Waals surface area contributed by atoms with Gasteiger partial charge in [-0.25, -0.2) is 0 Å². The molecule has 1 aromatic rings. The average Bonchev–Trinajstić information content (AvgIpc) is 2.48. The van der Waals surface area contributed by atoms with Crippen molar-refractivity contribution in [2.75, 3.05) is 0 Å². The van der Waals surface area contributed by atoms with E-state index in [1.54, 1.807) is 18.2 Å². The van der Waals surface area contributed by atoms with E-state index in [1.165, 1.54) is 51.0 Å². The van der Waals surface area contributed by atoms with Gasteiger partial charge in [-0.1, -0.05) is 75.8 Å². The van der Waals surface area contributed by atoms with Crippen molar-refractivity contribution in [1.82, 2.24) is 0 Å². The fourth-order valence-electron chi connectivity index (χ4n) is 2.30. The Morgan fingerprint density at radius 1 is 0.955 bits per heavy atom. The third-order valence-corrected chi connectivity index (χ3v) is 4.46. The molecule has 1 aromatic carbocycles. The van der Waals surface area contributed by atoms with Crippen molar-refractivity contribution in [3.63, 3.8) is 0 Å². The molecular formula is C18H26O3S. The number of unbranched alkanes of at least 4 members (excludes halogenated alkanes) is 8. The first-order valence-corrected chi connectivity index (χ1v) is 9.55. The molecule has 0 atom stereocenters. The van der Waals surface area contributed by atoms with Crippen molar-refractivity contribution in [3.05, 3.63) is 29.8 Å². The molecule has 0 spiro atoms. The van der Waals surface area contributed by atoms with E-state index < -0.39 is 10.1 Å². The molecule has 0 aliphatic carbocycles. The zero-order chi connectivity index (χ0) is 16.3. The molecule has 4 heteroatoms. The van der Waals surface area contributed by atoms with Crippen LogP contribution in [0.2, 0.25) is 0 Å². The fraction of sp³-hybridized carbons (Fsp3) is 0.556. The summed E-state index contributed by atoms with van der Waals surface area (Å²) in [7, 11) is -4.20. The fourth-order valence-corrected chi connectivity index (χ4v) is 2.95. The second-order valence-corrected chi connectivity index (χ2v) is 6.89. The van der Waals surface area contributed by atoms with Crippen LogP contribution in [0.3, 0.4) is 0 Å². The minimum absolute atomic E-state index is 0.113. The van der Waals surface area contributed by atoms with Crippen molar-refractivity contribution in [2.45, 2.75) is 69.6 Å². The summed E-state index contributed by atoms with van der Waals surface area (Å²) in [5.74, 6) is 5.85. The lowest BCUT2D eigenvalue weighted by atomic mass is 10.1. The number of benzene rings is 1. The Hall–Kier alpha value is -1.31. The third kappa shape index (κ3) is 7.63. The van der Waals surface area contributed by atoms with E-state index in [-0.39, 0.29) is 4.90 Å². The average molecular weight is 322 g/mol. The summed E-state index contributed by atoms with van der Waals surface area (Å²) < 4.78 is 31.6. The molecule has 0 aromatic heterocycles. The summed E-state index contributed by atoms with van der Waals surface area (Å²) in [5, 5.41) is 0. The summed E-state index contributed by atoms with van der Waals surface area (Å²) >= 11 is 0. The van der Waals surface area contributed by atoms with E-state index in [9.17, 15) is 8.42 Å². The normalized spacial score (nSPS) is 11.0. The Morgan fingerprint density at radius 2 is 1.55 bits per heavy atom. The number of rotatable bonds is 9. The molecular weight excluding hydrogens is 296 g/mol. The standard InChI is InChI=1S/C18H26O3S/c1-2-3-4-5-6-7-8-9-10-11-14-17-15-12-13-16-18(17)22(19,20)21/h12-13,15-16H,2-10H2,1H3,(H,19,20,21). The van der Waals surface area contributed by atoms with Gasteiger partial charge in [0.1, 0.15) is 4.90 Å². The molecule has 0 saturated heterocycles. The van der Waals surface area contributed by atoms with Crippen LogP contribution in [-0.2, 0) is 10.1 Å². The van der Waals surface area contributed by atoms with Gasteiger partial charge in [0.05, 0.1) is 0 Å². The second kappa shape index (κ2) is 10.4. The van der Waals surface area contributed by atoms with Crippen LogP contribution in [0.25, 0.3) is 0 Å². The molecule has 0 aliphatic heterocycles. The minimum Gasteiger partial charge on any atom is -0.282 e. The van der Waals surface area contributed by atoms with Gasteiger partial charge >= 0.3 is 0 Å². The molecule has 122 valence electrons. The first kappa shape index (κ1) is 18.7. The van der Waals surface area contributed by atoms with Crippen molar-refractivity contribution in [3.8, 4) is 11.8 Å². The van der Waals surface area contributed by atoms with Gasteiger partial charge in [0.25, 0.3) is 10.1 Å². The highest BCUT2D eigenvalue weighted by molar-refractivity contribution is 7.85. The smallest absolute Gasteiger partial charge is 0.282 e. The van der Waals surface area contributed by atoms with E-state index in [1.807, 2.05) is 0 Å². The van der Waals surface area contributed by atoms with E-state index >= 15 is 0 Å². The van der Waals surface area contributed by atoms with Crippen LogP contribution in [0.1, 0.15) is 70.3 Å². The minimum atomic E-state index is -4.20. The van der Waals surface area contributed by atoms with Gasteiger partial charge in [0.15, 0.2) is 0 Å². The van der Waals surface area contributed by atoms with Gasteiger partial charge in [0, 0.05) is 12.0 Å². The molecule has 0 heterocycles. The molecule has 22 heavy (non-hydrogen) atoms. The van der Waals surface area contributed by atoms with Crippen molar-refractivity contribution >= 4 is 10.1 Å². The molecule has 0 fully saturated rings. The molecule has 0 saturated carbocycles. The first-order chi connectivity index (χ1) is 10.6. The van der Waals surface area contributed by atoms with Gasteiger partial charge < -0.3 is 0 Å². The highest BCUT2D eigenvalue weighted by atomic mass is 32.2. The maximum atomic E-state index is 11.2. The number of hydrogen-bond acceptors (Lipinski definition) is 2. The zero-order valence-corrected chi connectivity index (χ0v) is 14.2. The van der Waals surface area contributed by atoms with Crippen LogP contribution >= 0.6 is 0 Å². The topological polar surface area (TPSA) is 54.4 Å². The van der Waals surface area contributed by atoms with Gasteiger partial charge in [-0.2, -0.15) is 8.42 Å². The second-order valence-electron chi connectivity index (χ2n) is 5.50. The predicted molar refractivity (Wildman–Crippen MR) is 90.4 cm³/mol. The molecule has 0 unspecified atom stereocenters. The largest absolute Gasteiger partial charge is 0.295 e. The van der Waals surface area contributed by atoms with Crippen LogP contribution in [0.5, 0.6) is 0 Å². The van der Waals surface area contributed by atoms with Crippen LogP contribution in [-0.4, -0.2) is 13.0 Å². The van der Waals surface area contributed by atoms with Crippen molar-refractivity contribution in [1.29, 1.82) is 0 Å². The van der Waals surface area contributed by atoms with Gasteiger partial charge in [-0.3, -0.25) is 4.55 Å². The van der Waals surface area contributed by atoms with Crippen LogP contribution < -0.4 is 0 Å². The van der Waals surface area contributed by atoms with Gasteiger partial charge in [-0.05, 0) is 18.6 Å². The number of hydrogen-bond donors (Lipinski definition) is 1. The van der Waals surface area contributed by atoms with Crippen molar-refractivity contribution < 1.29 is 13.0 Å². The summed E-state index contributed by atoms with van der Waals surface area (Å²) in [6.07, 6.45) is 10.8. The molecule has 0 radical (unpaired) electrons. The summed E-state index contributed by atoms with van der Waals surface area (Å²) in [6.45, 7) is 2.22. The Labute approximate surface area is 134 Å².